The van der Waals surface area contributed by atoms with Crippen LogP contribution in [0.2, 0.25) is 0 Å². The summed E-state index contributed by atoms with van der Waals surface area (Å²) >= 11 is 0. The summed E-state index contributed by atoms with van der Waals surface area (Å²) in [7, 11) is 1.46. The molecule has 2 atom stereocenters. The van der Waals surface area contributed by atoms with E-state index in [1.165, 1.54) is 18.9 Å². The summed E-state index contributed by atoms with van der Waals surface area (Å²) in [6, 6.07) is 8.84. The zero-order valence-corrected chi connectivity index (χ0v) is 23.6. The molecule has 2 amide bonds. The van der Waals surface area contributed by atoms with Crippen LogP contribution in [0.15, 0.2) is 48.5 Å². The summed E-state index contributed by atoms with van der Waals surface area (Å²) in [5.41, 5.74) is 4.02. The molecule has 2 unspecified atom stereocenters. The van der Waals surface area contributed by atoms with E-state index in [1.54, 1.807) is 30.3 Å². The summed E-state index contributed by atoms with van der Waals surface area (Å²) in [4.78, 5) is 32.7. The fraction of sp³-hybridized carbons (Fsp3) is 0.367. The van der Waals surface area contributed by atoms with Gasteiger partial charge in [-0.15, -0.1) is 0 Å². The molecule has 3 aromatic rings. The van der Waals surface area contributed by atoms with E-state index in [1.807, 2.05) is 4.90 Å². The van der Waals surface area contributed by atoms with Gasteiger partial charge in [-0.2, -0.15) is 26.3 Å². The highest BCUT2D eigenvalue weighted by Gasteiger charge is 2.43. The normalized spacial score (nSPS) is 18.7. The van der Waals surface area contributed by atoms with Crippen molar-refractivity contribution in [3.8, 4) is 16.9 Å². The molecule has 1 aromatic heterocycles. The highest BCUT2D eigenvalue weighted by atomic mass is 19.4. The second kappa shape index (κ2) is 11.5. The van der Waals surface area contributed by atoms with Crippen LogP contribution in [0.25, 0.3) is 11.1 Å². The van der Waals surface area contributed by atoms with Crippen molar-refractivity contribution in [1.82, 2.24) is 9.88 Å². The van der Waals surface area contributed by atoms with Gasteiger partial charge in [-0.05, 0) is 66.9 Å². The number of benzene rings is 2. The van der Waals surface area contributed by atoms with Crippen LogP contribution in [0, 0.1) is 0 Å². The number of alkyl halides is 6. The lowest BCUT2D eigenvalue weighted by molar-refractivity contribution is -0.143. The molecule has 0 saturated carbocycles. The lowest BCUT2D eigenvalue weighted by Gasteiger charge is -2.33. The Morgan fingerprint density at radius 1 is 1.00 bits per heavy atom. The van der Waals surface area contributed by atoms with Gasteiger partial charge in [0, 0.05) is 24.2 Å². The van der Waals surface area contributed by atoms with E-state index in [0.717, 1.165) is 19.5 Å². The molecule has 0 bridgehead atoms. The second-order valence-electron chi connectivity index (χ2n) is 10.7. The van der Waals surface area contributed by atoms with Crippen molar-refractivity contribution in [3.05, 3.63) is 76.5 Å². The van der Waals surface area contributed by atoms with Gasteiger partial charge in [0.2, 0.25) is 5.91 Å². The molecular formula is C30H28F6N4O4. The molecular weight excluding hydrogens is 594 g/mol. The molecule has 8 nitrogen and oxygen atoms in total. The van der Waals surface area contributed by atoms with Crippen LogP contribution in [0.3, 0.4) is 0 Å². The van der Waals surface area contributed by atoms with Gasteiger partial charge in [-0.1, -0.05) is 6.07 Å². The number of nitrogens with zero attached hydrogens (tertiary/aromatic N) is 3. The first-order chi connectivity index (χ1) is 20.7. The molecule has 2 fully saturated rings. The highest BCUT2D eigenvalue weighted by molar-refractivity contribution is 5.80. The van der Waals surface area contributed by atoms with Crippen molar-refractivity contribution < 1.29 is 45.4 Å². The fourth-order valence-corrected chi connectivity index (χ4v) is 5.32. The Morgan fingerprint density at radius 3 is 2.20 bits per heavy atom. The summed E-state index contributed by atoms with van der Waals surface area (Å²) in [6.45, 7) is 2.84. The number of carbonyl (C=O) groups is 2. The maximum atomic E-state index is 13.5. The summed E-state index contributed by atoms with van der Waals surface area (Å²) in [6.07, 6.45) is -11.5. The minimum atomic E-state index is -5.06. The average molecular weight is 623 g/mol. The maximum Gasteiger partial charge on any atom is 0.416 e. The Bertz CT molecular complexity index is 1560. The molecule has 44 heavy (non-hydrogen) atoms. The number of pyridine rings is 1. The molecule has 0 radical (unpaired) electrons. The van der Waals surface area contributed by atoms with Gasteiger partial charge in [0.05, 0.1) is 42.9 Å². The molecule has 0 spiro atoms. The van der Waals surface area contributed by atoms with Gasteiger partial charge in [-0.25, -0.2) is 9.78 Å². The van der Waals surface area contributed by atoms with Crippen LogP contribution in [0.1, 0.15) is 47.4 Å². The zero-order chi connectivity index (χ0) is 32.0. The number of halogens is 6. The maximum absolute atomic E-state index is 13.5. The predicted molar refractivity (Wildman–Crippen MR) is 147 cm³/mol. The molecule has 0 aliphatic carbocycles. The van der Waals surface area contributed by atoms with Crippen LogP contribution in [-0.4, -0.2) is 48.1 Å². The van der Waals surface area contributed by atoms with Crippen molar-refractivity contribution in [1.29, 1.82) is 0 Å². The predicted octanol–water partition coefficient (Wildman–Crippen LogP) is 6.11. The van der Waals surface area contributed by atoms with Gasteiger partial charge in [0.25, 0.3) is 0 Å². The summed E-state index contributed by atoms with van der Waals surface area (Å²) < 4.78 is 92.1. The standard InChI is InChI=1S/C30H28F6N4O4/c1-16-27(18-12-19(29(31,32)33)14-20(13-18)30(34,35)36)44-28(42)40(16)15-23-21(5-7-26(38-23)39-8-3-9-39)22-10-17(11-25(37)41)4-6-24(22)43-2/h4-7,10,12-14,16,27H,3,8-9,11,15H2,1-2H3,(H2,37,41). The molecule has 3 heterocycles. The lowest BCUT2D eigenvalue weighted by Crippen LogP contribution is -2.38. The zero-order valence-electron chi connectivity index (χ0n) is 23.6. The van der Waals surface area contributed by atoms with Gasteiger partial charge in [-0.3, -0.25) is 9.69 Å². The smallest absolute Gasteiger partial charge is 0.416 e. The SMILES string of the molecule is COc1ccc(CC(N)=O)cc1-c1ccc(N2CCC2)nc1CN1C(=O)OC(c2cc(C(F)(F)F)cc(C(F)(F)F)c2)C1C. The second-order valence-corrected chi connectivity index (χ2v) is 10.7. The van der Waals surface area contributed by atoms with Crippen LogP contribution >= 0.6 is 0 Å². The number of methoxy groups -OCH3 is 1. The van der Waals surface area contributed by atoms with E-state index in [0.29, 0.717) is 46.1 Å². The van der Waals surface area contributed by atoms with Crippen molar-refractivity contribution in [3.63, 3.8) is 0 Å². The third kappa shape index (κ3) is 6.24. The molecule has 2 aromatic carbocycles. The molecule has 2 N–H and O–H groups in total. The Morgan fingerprint density at radius 2 is 1.66 bits per heavy atom. The summed E-state index contributed by atoms with van der Waals surface area (Å²) in [5, 5.41) is 0. The Hall–Kier alpha value is -4.49. The Labute approximate surface area is 248 Å². The number of ether oxygens (including phenoxy) is 2. The van der Waals surface area contributed by atoms with Gasteiger partial charge in [0.15, 0.2) is 0 Å². The van der Waals surface area contributed by atoms with Crippen LogP contribution in [-0.2, 0) is 34.8 Å². The summed E-state index contributed by atoms with van der Waals surface area (Å²) in [5.74, 6) is 0.527. The molecule has 2 saturated heterocycles. The van der Waals surface area contributed by atoms with E-state index in [-0.39, 0.29) is 19.0 Å². The number of carbonyl (C=O) groups excluding carboxylic acids is 2. The van der Waals surface area contributed by atoms with E-state index in [9.17, 15) is 35.9 Å². The molecule has 2 aliphatic rings. The largest absolute Gasteiger partial charge is 0.496 e. The first-order valence-corrected chi connectivity index (χ1v) is 13.6. The topological polar surface area (TPSA) is 98.0 Å². The first-order valence-electron chi connectivity index (χ1n) is 13.6. The quantitative estimate of drug-likeness (QED) is 0.305. The van der Waals surface area contributed by atoms with Gasteiger partial charge >= 0.3 is 18.4 Å². The number of hydrogen-bond acceptors (Lipinski definition) is 6. The molecule has 5 rings (SSSR count). The molecule has 2 aliphatic heterocycles. The highest BCUT2D eigenvalue weighted by Crippen LogP contribution is 2.42. The van der Waals surface area contributed by atoms with E-state index in [2.05, 4.69) is 0 Å². The number of hydrogen-bond donors (Lipinski definition) is 1. The number of anilines is 1. The lowest BCUT2D eigenvalue weighted by atomic mass is 9.96. The van der Waals surface area contributed by atoms with Crippen molar-refractivity contribution >= 4 is 17.8 Å². The number of rotatable bonds is 8. The van der Waals surface area contributed by atoms with E-state index < -0.39 is 53.2 Å². The first kappa shape index (κ1) is 31.0. The molecule has 14 heteroatoms. The minimum Gasteiger partial charge on any atom is -0.496 e. The average Bonchev–Trinajstić information content (AvgIpc) is 3.19. The third-order valence-corrected chi connectivity index (χ3v) is 7.72. The molecule has 234 valence electrons. The van der Waals surface area contributed by atoms with Crippen LogP contribution in [0.4, 0.5) is 37.0 Å². The monoisotopic (exact) mass is 622 g/mol. The minimum absolute atomic E-state index is 0.0277. The van der Waals surface area contributed by atoms with E-state index in [4.69, 9.17) is 20.2 Å². The van der Waals surface area contributed by atoms with Gasteiger partial charge in [0.1, 0.15) is 17.7 Å². The van der Waals surface area contributed by atoms with Crippen molar-refractivity contribution in [2.75, 3.05) is 25.1 Å². The van der Waals surface area contributed by atoms with Crippen LogP contribution < -0.4 is 15.4 Å². The fourth-order valence-electron chi connectivity index (χ4n) is 5.32. The number of nitrogens with two attached hydrogens (primary N) is 1. The van der Waals surface area contributed by atoms with Crippen LogP contribution in [0.5, 0.6) is 5.75 Å². The third-order valence-electron chi connectivity index (χ3n) is 7.72. The van der Waals surface area contributed by atoms with Crippen molar-refractivity contribution in [2.24, 2.45) is 5.73 Å². The number of cyclic esters (lactones) is 1. The Balaban J connectivity index is 1.54. The Kier molecular flexibility index (Phi) is 8.12. The number of amides is 2. The van der Waals surface area contributed by atoms with Crippen molar-refractivity contribution in [2.45, 2.75) is 50.8 Å². The van der Waals surface area contributed by atoms with Gasteiger partial charge < -0.3 is 20.1 Å². The van der Waals surface area contributed by atoms with E-state index >= 15 is 0 Å². The number of aromatic nitrogens is 1. The number of primary amides is 1.